The van der Waals surface area contributed by atoms with Crippen molar-refractivity contribution >= 4 is 17.8 Å². The first kappa shape index (κ1) is 15.3. The summed E-state index contributed by atoms with van der Waals surface area (Å²) >= 11 is 0. The molecule has 0 unspecified atom stereocenters. The van der Waals surface area contributed by atoms with Crippen LogP contribution >= 0.6 is 0 Å². The van der Waals surface area contributed by atoms with Crippen LogP contribution in [0.1, 0.15) is 21.3 Å². The topological polar surface area (TPSA) is 118 Å². The number of hydroxylamine groups is 2. The van der Waals surface area contributed by atoms with Crippen molar-refractivity contribution in [3.05, 3.63) is 0 Å². The molecule has 0 saturated heterocycles. The molecule has 0 aliphatic carbocycles. The van der Waals surface area contributed by atoms with Gasteiger partial charge in [-0.2, -0.15) is 15.0 Å². The van der Waals surface area contributed by atoms with Crippen molar-refractivity contribution in [3.63, 3.8) is 0 Å². The van der Waals surface area contributed by atoms with Gasteiger partial charge in [0.1, 0.15) is 0 Å². The van der Waals surface area contributed by atoms with Gasteiger partial charge in [0.2, 0.25) is 0 Å². The lowest BCUT2D eigenvalue weighted by Gasteiger charge is -2.16. The van der Waals surface area contributed by atoms with Crippen LogP contribution in [0.4, 0.5) is 17.8 Å². The smallest absolute Gasteiger partial charge is 0.256 e. The summed E-state index contributed by atoms with van der Waals surface area (Å²) in [4.78, 5) is 11.2. The van der Waals surface area contributed by atoms with Crippen molar-refractivity contribution in [1.82, 2.24) is 15.0 Å². The predicted molar refractivity (Wildman–Crippen MR) is 61.6 cm³/mol. The van der Waals surface area contributed by atoms with E-state index in [9.17, 15) is 10.4 Å². The van der Waals surface area contributed by atoms with Crippen LogP contribution in [0.25, 0.3) is 0 Å². The van der Waals surface area contributed by atoms with Crippen LogP contribution in [0.15, 0.2) is 0 Å². The number of rotatable bonds is 5. The van der Waals surface area contributed by atoms with E-state index in [-0.39, 0.29) is 38.4 Å². The highest BCUT2D eigenvalue weighted by atomic mass is 16.5. The Hall–Kier alpha value is -1.71. The molecule has 0 aromatic carbocycles. The van der Waals surface area contributed by atoms with E-state index in [2.05, 4.69) is 15.0 Å². The van der Waals surface area contributed by atoms with E-state index < -0.39 is 0 Å². The Balaban J connectivity index is 0.00000256. The summed E-state index contributed by atoms with van der Waals surface area (Å²) in [6, 6.07) is 0. The number of hydrogen-bond acceptors (Lipinski definition) is 9. The van der Waals surface area contributed by atoms with Gasteiger partial charge in [-0.3, -0.25) is 15.6 Å². The number of nitrogens with one attached hydrogen (secondary N) is 1. The summed E-state index contributed by atoms with van der Waals surface area (Å²) in [5, 5.41) is 29.0. The SMILES string of the molecule is C.CCN(O)c1nc(NO)nc(N(O)CC)n1. The Bertz CT molecular complexity index is 322. The molecule has 0 fully saturated rings. The van der Waals surface area contributed by atoms with Crippen molar-refractivity contribution in [1.29, 1.82) is 0 Å². The molecule has 0 aliphatic rings. The molecule has 0 spiro atoms. The fraction of sp³-hybridized carbons (Fsp3) is 0.625. The maximum absolute atomic E-state index is 9.40. The number of nitrogens with zero attached hydrogens (tertiary/aromatic N) is 5. The lowest BCUT2D eigenvalue weighted by atomic mass is 10.7. The van der Waals surface area contributed by atoms with E-state index in [1.54, 1.807) is 19.3 Å². The van der Waals surface area contributed by atoms with Gasteiger partial charge < -0.3 is 0 Å². The molecule has 1 heterocycles. The Labute approximate surface area is 99.2 Å². The molecule has 9 nitrogen and oxygen atoms in total. The second-order valence-corrected chi connectivity index (χ2v) is 2.80. The first-order valence-electron chi connectivity index (χ1n) is 4.71. The average molecular weight is 246 g/mol. The molecule has 0 aliphatic heterocycles. The monoisotopic (exact) mass is 246 g/mol. The van der Waals surface area contributed by atoms with Crippen LogP contribution in [-0.4, -0.2) is 43.7 Å². The maximum Gasteiger partial charge on any atom is 0.256 e. The molecule has 9 heteroatoms. The molecule has 0 atom stereocenters. The van der Waals surface area contributed by atoms with Crippen LogP contribution in [-0.2, 0) is 0 Å². The lowest BCUT2D eigenvalue weighted by molar-refractivity contribution is 0.244. The second-order valence-electron chi connectivity index (χ2n) is 2.80. The zero-order valence-electron chi connectivity index (χ0n) is 8.99. The highest BCUT2D eigenvalue weighted by Crippen LogP contribution is 2.13. The van der Waals surface area contributed by atoms with Crippen LogP contribution < -0.4 is 15.6 Å². The quantitative estimate of drug-likeness (QED) is 0.558. The third-order valence-electron chi connectivity index (χ3n) is 1.77. The molecule has 1 aromatic rings. The van der Waals surface area contributed by atoms with Gasteiger partial charge in [0.25, 0.3) is 17.8 Å². The molecule has 1 aromatic heterocycles. The summed E-state index contributed by atoms with van der Waals surface area (Å²) in [6.45, 7) is 3.88. The highest BCUT2D eigenvalue weighted by molar-refractivity contribution is 5.41. The lowest BCUT2D eigenvalue weighted by Crippen LogP contribution is -2.25. The van der Waals surface area contributed by atoms with Gasteiger partial charge in [0.05, 0.1) is 0 Å². The van der Waals surface area contributed by atoms with Crippen LogP contribution in [0, 0.1) is 0 Å². The van der Waals surface area contributed by atoms with Gasteiger partial charge >= 0.3 is 0 Å². The molecule has 0 amide bonds. The fourth-order valence-electron chi connectivity index (χ4n) is 0.918. The third-order valence-corrected chi connectivity index (χ3v) is 1.77. The summed E-state index contributed by atoms with van der Waals surface area (Å²) < 4.78 is 0. The van der Waals surface area contributed by atoms with Crippen molar-refractivity contribution in [2.75, 3.05) is 28.7 Å². The molecule has 0 radical (unpaired) electrons. The van der Waals surface area contributed by atoms with Gasteiger partial charge in [0, 0.05) is 13.1 Å². The van der Waals surface area contributed by atoms with Crippen LogP contribution in [0.2, 0.25) is 0 Å². The van der Waals surface area contributed by atoms with E-state index in [4.69, 9.17) is 5.21 Å². The zero-order valence-corrected chi connectivity index (χ0v) is 8.99. The number of hydrogen-bond donors (Lipinski definition) is 4. The maximum atomic E-state index is 9.40. The Kier molecular flexibility index (Phi) is 6.10. The van der Waals surface area contributed by atoms with Crippen LogP contribution in [0.5, 0.6) is 0 Å². The predicted octanol–water partition coefficient (Wildman–Crippen LogP) is 0.740. The Morgan fingerprint density at radius 3 is 1.71 bits per heavy atom. The van der Waals surface area contributed by atoms with Crippen molar-refractivity contribution in [3.8, 4) is 0 Å². The van der Waals surface area contributed by atoms with Gasteiger partial charge in [-0.25, -0.2) is 15.6 Å². The summed E-state index contributed by atoms with van der Waals surface area (Å²) in [5.74, 6) is -0.312. The highest BCUT2D eigenvalue weighted by Gasteiger charge is 2.13. The number of anilines is 3. The van der Waals surface area contributed by atoms with E-state index in [0.29, 0.717) is 0 Å². The largest absolute Gasteiger partial charge is 0.288 e. The average Bonchev–Trinajstić information content (AvgIpc) is 2.35. The number of aromatic nitrogens is 3. The summed E-state index contributed by atoms with van der Waals surface area (Å²) in [6.07, 6.45) is 0. The standard InChI is InChI=1S/C7H14N6O3.CH4/c1-3-12(15)6-8-5(11-14)9-7(10-6)13(16)4-2;/h14-16H,3-4H2,1-2H3,(H,8,9,10,11);1H4. The summed E-state index contributed by atoms with van der Waals surface area (Å²) in [5.41, 5.74) is 1.73. The molecule has 0 bridgehead atoms. The molecular weight excluding hydrogens is 228 g/mol. The minimum atomic E-state index is -0.167. The molecule has 0 saturated carbocycles. The summed E-state index contributed by atoms with van der Waals surface area (Å²) in [7, 11) is 0. The minimum absolute atomic E-state index is 0. The van der Waals surface area contributed by atoms with E-state index in [1.807, 2.05) is 0 Å². The molecular formula is C8H18N6O3. The first-order valence-corrected chi connectivity index (χ1v) is 4.71. The van der Waals surface area contributed by atoms with Gasteiger partial charge in [0.15, 0.2) is 0 Å². The first-order chi connectivity index (χ1) is 7.62. The van der Waals surface area contributed by atoms with E-state index in [0.717, 1.165) is 10.1 Å². The molecule has 17 heavy (non-hydrogen) atoms. The zero-order chi connectivity index (χ0) is 12.1. The third kappa shape index (κ3) is 3.66. The Morgan fingerprint density at radius 1 is 1.00 bits per heavy atom. The van der Waals surface area contributed by atoms with Gasteiger partial charge in [-0.15, -0.1) is 0 Å². The minimum Gasteiger partial charge on any atom is -0.288 e. The molecule has 4 N–H and O–H groups in total. The van der Waals surface area contributed by atoms with E-state index >= 15 is 0 Å². The molecule has 98 valence electrons. The van der Waals surface area contributed by atoms with Gasteiger partial charge in [-0.05, 0) is 13.8 Å². The van der Waals surface area contributed by atoms with Crippen LogP contribution in [0.3, 0.4) is 0 Å². The fourth-order valence-corrected chi connectivity index (χ4v) is 0.918. The van der Waals surface area contributed by atoms with Crippen molar-refractivity contribution in [2.45, 2.75) is 21.3 Å². The second kappa shape index (κ2) is 6.78. The van der Waals surface area contributed by atoms with Crippen molar-refractivity contribution < 1.29 is 15.6 Å². The van der Waals surface area contributed by atoms with Gasteiger partial charge in [-0.1, -0.05) is 7.43 Å². The Morgan fingerprint density at radius 2 is 1.41 bits per heavy atom. The van der Waals surface area contributed by atoms with Crippen molar-refractivity contribution in [2.24, 2.45) is 0 Å². The molecule has 1 rings (SSSR count). The normalized spacial score (nSPS) is 9.47. The van der Waals surface area contributed by atoms with E-state index in [1.165, 1.54) is 0 Å².